The monoisotopic (exact) mass is 532 g/mol. The molecule has 3 rings (SSSR count). The van der Waals surface area contributed by atoms with Crippen molar-refractivity contribution >= 4 is 55.5 Å². The first-order valence-electron chi connectivity index (χ1n) is 13.7. The molecule has 34 heavy (non-hydrogen) atoms. The van der Waals surface area contributed by atoms with Gasteiger partial charge in [0.2, 0.25) is 0 Å². The number of unbranched alkanes of at least 4 members (excludes halogenated alkanes) is 6. The first-order chi connectivity index (χ1) is 16.7. The maximum Gasteiger partial charge on any atom is 0.0565 e. The molecular formula is C30H44S4. The number of hydrogen-bond donors (Lipinski definition) is 0. The largest absolute Gasteiger partial charge is 0.0857 e. The second kappa shape index (κ2) is 15.8. The zero-order valence-corrected chi connectivity index (χ0v) is 25.1. The summed E-state index contributed by atoms with van der Waals surface area (Å²) in [6.45, 7) is 9.22. The minimum Gasteiger partial charge on any atom is -0.0857 e. The van der Waals surface area contributed by atoms with E-state index in [1.807, 2.05) is 0 Å². The Hall–Kier alpha value is -0.160. The van der Waals surface area contributed by atoms with Crippen molar-refractivity contribution in [2.45, 2.75) is 118 Å². The lowest BCUT2D eigenvalue weighted by atomic mass is 10.1. The zero-order valence-electron chi connectivity index (χ0n) is 21.8. The van der Waals surface area contributed by atoms with Gasteiger partial charge in [0.25, 0.3) is 0 Å². The fourth-order valence-electron chi connectivity index (χ4n) is 4.20. The van der Waals surface area contributed by atoms with E-state index in [0.29, 0.717) is 0 Å². The molecule has 0 N–H and O–H groups in total. The predicted octanol–water partition coefficient (Wildman–Crippen LogP) is 10.7. The highest BCUT2D eigenvalue weighted by Crippen LogP contribution is 2.54. The molecule has 0 fully saturated rings. The van der Waals surface area contributed by atoms with E-state index in [1.165, 1.54) is 109 Å². The highest BCUT2D eigenvalue weighted by molar-refractivity contribution is 8.36. The molecule has 2 aliphatic heterocycles. The molecule has 1 aromatic carbocycles. The first-order valence-corrected chi connectivity index (χ1v) is 17.0. The van der Waals surface area contributed by atoms with Gasteiger partial charge in [0.05, 0.1) is 8.47 Å². The van der Waals surface area contributed by atoms with Crippen LogP contribution in [0.25, 0.3) is 8.47 Å². The summed E-state index contributed by atoms with van der Waals surface area (Å²) in [5.74, 6) is 0. The van der Waals surface area contributed by atoms with Crippen LogP contribution in [0.15, 0.2) is 43.9 Å². The number of allylic oxidation sites excluding steroid dienone is 4. The molecule has 0 saturated heterocycles. The smallest absolute Gasteiger partial charge is 0.0565 e. The second-order valence-electron chi connectivity index (χ2n) is 9.37. The third-order valence-corrected chi connectivity index (χ3v) is 12.1. The maximum absolute atomic E-state index is 2.38. The summed E-state index contributed by atoms with van der Waals surface area (Å²) in [4.78, 5) is 6.62. The summed E-state index contributed by atoms with van der Waals surface area (Å²) in [6, 6.07) is 9.52. The minimum atomic E-state index is 1.26. The Labute approximate surface area is 226 Å². The molecule has 0 saturated carbocycles. The third-order valence-electron chi connectivity index (χ3n) is 6.37. The van der Waals surface area contributed by atoms with Crippen LogP contribution >= 0.6 is 47.0 Å². The molecule has 0 bridgehead atoms. The highest BCUT2D eigenvalue weighted by Gasteiger charge is 2.22. The summed E-state index contributed by atoms with van der Waals surface area (Å²) in [5, 5.41) is 2.82. The van der Waals surface area contributed by atoms with Crippen molar-refractivity contribution in [3.05, 3.63) is 54.3 Å². The lowest BCUT2D eigenvalue weighted by Gasteiger charge is -2.04. The van der Waals surface area contributed by atoms with E-state index >= 15 is 0 Å². The van der Waals surface area contributed by atoms with Gasteiger partial charge in [-0.3, -0.25) is 0 Å². The molecule has 0 spiro atoms. The van der Waals surface area contributed by atoms with Gasteiger partial charge < -0.3 is 0 Å². The number of rotatable bonds is 14. The molecule has 0 unspecified atom stereocenters. The van der Waals surface area contributed by atoms with Crippen molar-refractivity contribution in [1.82, 2.24) is 0 Å². The topological polar surface area (TPSA) is 0 Å². The Kier molecular flexibility index (Phi) is 13.2. The summed E-state index contributed by atoms with van der Waals surface area (Å²) in [7, 11) is 0. The molecule has 188 valence electrons. The van der Waals surface area contributed by atoms with Crippen molar-refractivity contribution in [3.63, 3.8) is 0 Å². The Bertz CT molecular complexity index is 868. The minimum absolute atomic E-state index is 1.26. The molecule has 4 heteroatoms. The van der Waals surface area contributed by atoms with E-state index in [4.69, 9.17) is 0 Å². The van der Waals surface area contributed by atoms with Crippen LogP contribution in [0.3, 0.4) is 0 Å². The SMILES string of the molecule is CCCCCC1=C(CCCC)SC(=c2ccc(=C3SC(CCCC)=C(CCCCC)S3)cc2)S1. The maximum atomic E-state index is 2.38. The van der Waals surface area contributed by atoms with Crippen LogP contribution in [0.5, 0.6) is 0 Å². The van der Waals surface area contributed by atoms with Gasteiger partial charge in [-0.25, -0.2) is 0 Å². The molecule has 0 amide bonds. The van der Waals surface area contributed by atoms with Gasteiger partial charge in [0.1, 0.15) is 0 Å². The second-order valence-corrected chi connectivity index (χ2v) is 14.3. The van der Waals surface area contributed by atoms with E-state index in [-0.39, 0.29) is 0 Å². The summed E-state index contributed by atoms with van der Waals surface area (Å²) < 4.78 is 3.01. The molecule has 0 radical (unpaired) electrons. The summed E-state index contributed by atoms with van der Waals surface area (Å²) >= 11 is 8.26. The Morgan fingerprint density at radius 2 is 0.706 bits per heavy atom. The summed E-state index contributed by atoms with van der Waals surface area (Å²) in [6.07, 6.45) is 18.2. The molecule has 0 aliphatic carbocycles. The van der Waals surface area contributed by atoms with Crippen LogP contribution in [0.4, 0.5) is 0 Å². The molecule has 0 atom stereocenters. The number of thioether (sulfide) groups is 4. The van der Waals surface area contributed by atoms with Crippen molar-refractivity contribution in [2.24, 2.45) is 0 Å². The van der Waals surface area contributed by atoms with Crippen LogP contribution in [0.1, 0.15) is 118 Å². The lowest BCUT2D eigenvalue weighted by Crippen LogP contribution is -2.09. The third kappa shape index (κ3) is 8.46. The van der Waals surface area contributed by atoms with Crippen LogP contribution in [-0.2, 0) is 0 Å². The van der Waals surface area contributed by atoms with Gasteiger partial charge >= 0.3 is 0 Å². The Balaban J connectivity index is 1.76. The Morgan fingerprint density at radius 3 is 1.00 bits per heavy atom. The quantitative estimate of drug-likeness (QED) is 0.218. The van der Waals surface area contributed by atoms with Crippen molar-refractivity contribution in [2.75, 3.05) is 0 Å². The predicted molar refractivity (Wildman–Crippen MR) is 164 cm³/mol. The first kappa shape index (κ1) is 28.4. The highest BCUT2D eigenvalue weighted by atomic mass is 32.2. The molecule has 2 aliphatic rings. The van der Waals surface area contributed by atoms with E-state index in [1.54, 1.807) is 19.6 Å². The standard InChI is InChI=1S/C30H44S4/c1-5-9-13-17-27-25(15-11-7-3)31-29(33-27)23-19-21-24(22-20-23)30-32-26(16-12-8-4)28(34-30)18-14-10-6-2/h19-22H,5-18H2,1-4H3. The molecule has 2 heterocycles. The van der Waals surface area contributed by atoms with Gasteiger partial charge in [-0.1, -0.05) is 138 Å². The van der Waals surface area contributed by atoms with Crippen molar-refractivity contribution < 1.29 is 0 Å². The average Bonchev–Trinajstić information content (AvgIpc) is 3.46. The normalized spacial score (nSPS) is 16.5. The van der Waals surface area contributed by atoms with E-state index in [2.05, 4.69) is 99.0 Å². The van der Waals surface area contributed by atoms with Gasteiger partial charge in [0, 0.05) is 19.6 Å². The number of hydrogen-bond acceptors (Lipinski definition) is 4. The fourth-order valence-corrected chi connectivity index (χ4v) is 10.0. The van der Waals surface area contributed by atoms with Crippen LogP contribution in [0.2, 0.25) is 0 Å². The van der Waals surface area contributed by atoms with E-state index in [9.17, 15) is 0 Å². The van der Waals surface area contributed by atoms with Crippen LogP contribution in [0, 0.1) is 0 Å². The fraction of sp³-hybridized carbons (Fsp3) is 0.600. The van der Waals surface area contributed by atoms with Crippen LogP contribution in [-0.4, -0.2) is 0 Å². The lowest BCUT2D eigenvalue weighted by molar-refractivity contribution is 0.721. The van der Waals surface area contributed by atoms with Gasteiger partial charge in [0.15, 0.2) is 0 Å². The van der Waals surface area contributed by atoms with E-state index < -0.39 is 0 Å². The molecular weight excluding hydrogens is 489 g/mol. The van der Waals surface area contributed by atoms with Gasteiger partial charge in [-0.15, -0.1) is 0 Å². The van der Waals surface area contributed by atoms with Crippen molar-refractivity contribution in [1.29, 1.82) is 0 Å². The van der Waals surface area contributed by atoms with Gasteiger partial charge in [-0.05, 0) is 61.8 Å². The molecule has 1 aromatic rings. The zero-order chi connectivity index (χ0) is 24.2. The number of benzene rings is 1. The summed E-state index contributed by atoms with van der Waals surface area (Å²) in [5.41, 5.74) is 0. The van der Waals surface area contributed by atoms with Crippen LogP contribution < -0.4 is 10.4 Å². The van der Waals surface area contributed by atoms with Crippen molar-refractivity contribution in [3.8, 4) is 0 Å². The van der Waals surface area contributed by atoms with E-state index in [0.717, 1.165) is 0 Å². The average molecular weight is 533 g/mol. The molecule has 0 nitrogen and oxygen atoms in total. The van der Waals surface area contributed by atoms with Gasteiger partial charge in [-0.2, -0.15) is 0 Å². The Morgan fingerprint density at radius 1 is 0.412 bits per heavy atom. The molecule has 0 aromatic heterocycles.